The van der Waals surface area contributed by atoms with E-state index in [-0.39, 0.29) is 11.9 Å². The van der Waals surface area contributed by atoms with Crippen LogP contribution in [0, 0.1) is 12.7 Å². The Hall–Kier alpha value is -2.58. The van der Waals surface area contributed by atoms with Gasteiger partial charge in [0.05, 0.1) is 12.3 Å². The van der Waals surface area contributed by atoms with Crippen molar-refractivity contribution in [3.8, 4) is 5.69 Å². The third-order valence-electron chi connectivity index (χ3n) is 4.18. The number of aromatic nitrogens is 5. The van der Waals surface area contributed by atoms with Gasteiger partial charge in [0.2, 0.25) is 0 Å². The van der Waals surface area contributed by atoms with Gasteiger partial charge in [-0.05, 0) is 25.1 Å². The first-order valence-corrected chi connectivity index (χ1v) is 8.21. The number of hydrogen-bond acceptors (Lipinski definition) is 5. The van der Waals surface area contributed by atoms with Crippen molar-refractivity contribution >= 4 is 0 Å². The summed E-state index contributed by atoms with van der Waals surface area (Å²) < 4.78 is 21.2. The first kappa shape index (κ1) is 15.9. The van der Waals surface area contributed by atoms with Crippen molar-refractivity contribution < 1.29 is 9.13 Å². The molecule has 7 nitrogen and oxygen atoms in total. The minimum absolute atomic E-state index is 0.146. The average molecular weight is 342 g/mol. The molecule has 3 aromatic rings. The molecule has 0 aliphatic carbocycles. The van der Waals surface area contributed by atoms with E-state index in [2.05, 4.69) is 25.2 Å². The van der Waals surface area contributed by atoms with E-state index in [4.69, 9.17) is 4.74 Å². The van der Waals surface area contributed by atoms with Crippen molar-refractivity contribution in [1.82, 2.24) is 29.9 Å². The summed E-state index contributed by atoms with van der Waals surface area (Å²) in [6.07, 6.45) is 1.64. The molecule has 0 radical (unpaired) electrons. The van der Waals surface area contributed by atoms with Crippen LogP contribution in [0.1, 0.15) is 23.4 Å². The maximum absolute atomic E-state index is 13.9. The van der Waals surface area contributed by atoms with Crippen LogP contribution in [-0.2, 0) is 11.3 Å². The molecule has 8 heteroatoms. The number of ether oxygens (including phenoxy) is 1. The predicted octanol–water partition coefficient (Wildman–Crippen LogP) is 2.01. The highest BCUT2D eigenvalue weighted by Gasteiger charge is 2.25. The number of nitrogens with zero attached hydrogens (tertiary/aromatic N) is 5. The number of halogens is 1. The Morgan fingerprint density at radius 1 is 1.32 bits per heavy atom. The maximum atomic E-state index is 13.9. The van der Waals surface area contributed by atoms with E-state index in [1.807, 2.05) is 13.0 Å². The molecule has 3 heterocycles. The lowest BCUT2D eigenvalue weighted by Gasteiger charge is -2.30. The Kier molecular flexibility index (Phi) is 4.29. The van der Waals surface area contributed by atoms with Crippen LogP contribution >= 0.6 is 0 Å². The zero-order chi connectivity index (χ0) is 17.2. The van der Waals surface area contributed by atoms with Crippen LogP contribution in [0.3, 0.4) is 0 Å². The Bertz CT molecular complexity index is 860. The van der Waals surface area contributed by atoms with Crippen LogP contribution in [0.2, 0.25) is 0 Å². The molecule has 1 aliphatic heterocycles. The molecule has 2 aromatic heterocycles. The highest BCUT2D eigenvalue weighted by molar-refractivity contribution is 5.32. The highest BCUT2D eigenvalue weighted by Crippen LogP contribution is 2.20. The molecule has 0 unspecified atom stereocenters. The minimum Gasteiger partial charge on any atom is -0.367 e. The van der Waals surface area contributed by atoms with Crippen molar-refractivity contribution in [2.45, 2.75) is 19.6 Å². The van der Waals surface area contributed by atoms with Crippen LogP contribution < -0.4 is 0 Å². The SMILES string of the molecule is Cc1nc([C@H]2CN(Cc3ccn(-c4ccccc4F)n3)CCO2)n[nH]1. The number of nitrogens with one attached hydrogen (secondary N) is 1. The van der Waals surface area contributed by atoms with E-state index in [9.17, 15) is 4.39 Å². The lowest BCUT2D eigenvalue weighted by Crippen LogP contribution is -2.38. The molecule has 0 spiro atoms. The fraction of sp³-hybridized carbons (Fsp3) is 0.353. The van der Waals surface area contributed by atoms with Crippen LogP contribution in [-0.4, -0.2) is 49.6 Å². The molecule has 130 valence electrons. The van der Waals surface area contributed by atoms with Gasteiger partial charge in [0, 0.05) is 25.8 Å². The van der Waals surface area contributed by atoms with Gasteiger partial charge in [-0.25, -0.2) is 14.1 Å². The molecule has 0 bridgehead atoms. The molecule has 25 heavy (non-hydrogen) atoms. The summed E-state index contributed by atoms with van der Waals surface area (Å²) in [6, 6.07) is 8.52. The smallest absolute Gasteiger partial charge is 0.180 e. The van der Waals surface area contributed by atoms with Gasteiger partial charge in [-0.2, -0.15) is 10.2 Å². The molecule has 0 amide bonds. The molecule has 1 fully saturated rings. The number of aromatic amines is 1. The van der Waals surface area contributed by atoms with Gasteiger partial charge < -0.3 is 4.74 Å². The lowest BCUT2D eigenvalue weighted by atomic mass is 10.2. The second-order valence-electron chi connectivity index (χ2n) is 6.08. The third-order valence-corrected chi connectivity index (χ3v) is 4.18. The lowest BCUT2D eigenvalue weighted by molar-refractivity contribution is -0.0374. The molecular weight excluding hydrogens is 323 g/mol. The maximum Gasteiger partial charge on any atom is 0.180 e. The average Bonchev–Trinajstić information content (AvgIpc) is 3.25. The Morgan fingerprint density at radius 3 is 3.00 bits per heavy atom. The number of para-hydroxylation sites is 1. The molecule has 1 atom stereocenters. The monoisotopic (exact) mass is 342 g/mol. The number of hydrogen-bond donors (Lipinski definition) is 1. The highest BCUT2D eigenvalue weighted by atomic mass is 19.1. The van der Waals surface area contributed by atoms with Crippen molar-refractivity contribution in [3.63, 3.8) is 0 Å². The second kappa shape index (κ2) is 6.73. The summed E-state index contributed by atoms with van der Waals surface area (Å²) in [5.74, 6) is 1.17. The summed E-state index contributed by atoms with van der Waals surface area (Å²) >= 11 is 0. The molecule has 0 saturated carbocycles. The van der Waals surface area contributed by atoms with Crippen LogP contribution in [0.4, 0.5) is 4.39 Å². The van der Waals surface area contributed by atoms with Crippen molar-refractivity contribution in [1.29, 1.82) is 0 Å². The quantitative estimate of drug-likeness (QED) is 0.785. The Labute approximate surface area is 144 Å². The van der Waals surface area contributed by atoms with E-state index >= 15 is 0 Å². The summed E-state index contributed by atoms with van der Waals surface area (Å²) in [7, 11) is 0. The molecule has 1 N–H and O–H groups in total. The van der Waals surface area contributed by atoms with Crippen LogP contribution in [0.5, 0.6) is 0 Å². The Morgan fingerprint density at radius 2 is 2.20 bits per heavy atom. The fourth-order valence-corrected chi connectivity index (χ4v) is 2.95. The molecule has 1 aliphatic rings. The summed E-state index contributed by atoms with van der Waals surface area (Å²) in [5.41, 5.74) is 1.33. The zero-order valence-electron chi connectivity index (χ0n) is 13.9. The van der Waals surface area contributed by atoms with E-state index < -0.39 is 0 Å². The standard InChI is InChI=1S/C17H19FN6O/c1-12-19-17(21-20-12)16-11-23(8-9-25-16)10-13-6-7-24(22-13)15-5-3-2-4-14(15)18/h2-7,16H,8-11H2,1H3,(H,19,20,21)/t16-/m1/s1. The second-order valence-corrected chi connectivity index (χ2v) is 6.08. The van der Waals surface area contributed by atoms with Gasteiger partial charge in [-0.3, -0.25) is 10.00 Å². The first-order chi connectivity index (χ1) is 12.2. The number of rotatable bonds is 4. The minimum atomic E-state index is -0.288. The predicted molar refractivity (Wildman–Crippen MR) is 88.6 cm³/mol. The van der Waals surface area contributed by atoms with E-state index in [0.29, 0.717) is 31.2 Å². The van der Waals surface area contributed by atoms with Gasteiger partial charge in [0.25, 0.3) is 0 Å². The largest absolute Gasteiger partial charge is 0.367 e. The van der Waals surface area contributed by atoms with Gasteiger partial charge >= 0.3 is 0 Å². The van der Waals surface area contributed by atoms with E-state index in [0.717, 1.165) is 18.1 Å². The van der Waals surface area contributed by atoms with Crippen molar-refractivity contribution in [2.24, 2.45) is 0 Å². The number of aryl methyl sites for hydroxylation is 1. The molecule has 1 aromatic carbocycles. The van der Waals surface area contributed by atoms with E-state index in [1.54, 1.807) is 29.1 Å². The van der Waals surface area contributed by atoms with Crippen molar-refractivity contribution in [3.05, 3.63) is 59.7 Å². The third kappa shape index (κ3) is 3.45. The number of benzene rings is 1. The summed E-state index contributed by atoms with van der Waals surface area (Å²) in [5, 5.41) is 11.5. The van der Waals surface area contributed by atoms with Crippen molar-refractivity contribution in [2.75, 3.05) is 19.7 Å². The van der Waals surface area contributed by atoms with Gasteiger partial charge in [-0.1, -0.05) is 12.1 Å². The number of morpholine rings is 1. The van der Waals surface area contributed by atoms with E-state index in [1.165, 1.54) is 6.07 Å². The molecule has 1 saturated heterocycles. The van der Waals surface area contributed by atoms with Gasteiger partial charge in [0.1, 0.15) is 23.4 Å². The van der Waals surface area contributed by atoms with Gasteiger partial charge in [0.15, 0.2) is 5.82 Å². The zero-order valence-corrected chi connectivity index (χ0v) is 13.9. The topological polar surface area (TPSA) is 71.9 Å². The van der Waals surface area contributed by atoms with Gasteiger partial charge in [-0.15, -0.1) is 0 Å². The normalized spacial score (nSPS) is 18.6. The molecular formula is C17H19FN6O. The number of H-pyrrole nitrogens is 1. The fourth-order valence-electron chi connectivity index (χ4n) is 2.95. The Balaban J connectivity index is 1.45. The summed E-state index contributed by atoms with van der Waals surface area (Å²) in [6.45, 7) is 4.67. The molecule has 4 rings (SSSR count). The summed E-state index contributed by atoms with van der Waals surface area (Å²) in [4.78, 5) is 6.59. The van der Waals surface area contributed by atoms with Crippen LogP contribution in [0.15, 0.2) is 36.5 Å². The van der Waals surface area contributed by atoms with Crippen LogP contribution in [0.25, 0.3) is 5.69 Å². The first-order valence-electron chi connectivity index (χ1n) is 8.21.